The lowest BCUT2D eigenvalue weighted by Crippen LogP contribution is -2.44. The van der Waals surface area contributed by atoms with Crippen molar-refractivity contribution in [3.05, 3.63) is 35.4 Å². The number of nitrogens with zero attached hydrogens (tertiary/aromatic N) is 1. The van der Waals surface area contributed by atoms with Gasteiger partial charge in [0.2, 0.25) is 5.91 Å². The Morgan fingerprint density at radius 2 is 1.88 bits per heavy atom. The molecule has 2 fully saturated rings. The molecule has 0 aromatic heterocycles. The maximum absolute atomic E-state index is 12.7. The molecule has 0 radical (unpaired) electrons. The first-order chi connectivity index (χ1) is 12.1. The van der Waals surface area contributed by atoms with Crippen LogP contribution in [0.2, 0.25) is 0 Å². The number of hydrogen-bond donors (Lipinski definition) is 1. The van der Waals surface area contributed by atoms with Gasteiger partial charge in [0, 0.05) is 32.4 Å². The molecule has 2 aliphatic heterocycles. The molecule has 0 bridgehead atoms. The van der Waals surface area contributed by atoms with Crippen LogP contribution in [0, 0.1) is 11.8 Å². The summed E-state index contributed by atoms with van der Waals surface area (Å²) in [4.78, 5) is 26.1. The van der Waals surface area contributed by atoms with Gasteiger partial charge in [0.25, 0.3) is 5.91 Å². The SMILES string of the molecule is COCc1ccc(C(=O)N2CCC([C@H]3OCC[C@@H]3C(N)=O)CC2)cc1. The number of hydrogen-bond acceptors (Lipinski definition) is 4. The van der Waals surface area contributed by atoms with Crippen molar-refractivity contribution < 1.29 is 19.1 Å². The van der Waals surface area contributed by atoms with Crippen LogP contribution in [0.4, 0.5) is 0 Å². The molecular formula is C19H26N2O4. The van der Waals surface area contributed by atoms with Crippen molar-refractivity contribution in [2.24, 2.45) is 17.6 Å². The van der Waals surface area contributed by atoms with E-state index in [1.165, 1.54) is 0 Å². The molecule has 3 rings (SSSR count). The summed E-state index contributed by atoms with van der Waals surface area (Å²) in [6.45, 7) is 2.52. The molecule has 2 atom stereocenters. The van der Waals surface area contributed by atoms with Crippen molar-refractivity contribution in [2.75, 3.05) is 26.8 Å². The maximum atomic E-state index is 12.7. The lowest BCUT2D eigenvalue weighted by atomic mass is 9.84. The number of carbonyl (C=O) groups excluding carboxylic acids is 2. The molecule has 25 heavy (non-hydrogen) atoms. The van der Waals surface area contributed by atoms with E-state index >= 15 is 0 Å². The molecule has 0 aliphatic carbocycles. The van der Waals surface area contributed by atoms with Crippen LogP contribution in [0.1, 0.15) is 35.2 Å². The van der Waals surface area contributed by atoms with Gasteiger partial charge in [-0.2, -0.15) is 0 Å². The number of methoxy groups -OCH3 is 1. The van der Waals surface area contributed by atoms with Gasteiger partial charge in [0.05, 0.1) is 18.6 Å². The molecule has 0 spiro atoms. The van der Waals surface area contributed by atoms with Crippen molar-refractivity contribution in [1.82, 2.24) is 4.90 Å². The van der Waals surface area contributed by atoms with E-state index in [-0.39, 0.29) is 23.8 Å². The summed E-state index contributed by atoms with van der Waals surface area (Å²) in [6, 6.07) is 7.55. The molecule has 136 valence electrons. The molecule has 6 nitrogen and oxygen atoms in total. The van der Waals surface area contributed by atoms with E-state index in [0.29, 0.717) is 44.2 Å². The zero-order chi connectivity index (χ0) is 17.8. The van der Waals surface area contributed by atoms with Gasteiger partial charge in [-0.05, 0) is 42.9 Å². The molecule has 2 amide bonds. The maximum Gasteiger partial charge on any atom is 0.253 e. The molecular weight excluding hydrogens is 320 g/mol. The molecule has 1 aromatic carbocycles. The van der Waals surface area contributed by atoms with Gasteiger partial charge in [0.15, 0.2) is 0 Å². The van der Waals surface area contributed by atoms with Gasteiger partial charge in [-0.15, -0.1) is 0 Å². The predicted molar refractivity (Wildman–Crippen MR) is 92.8 cm³/mol. The summed E-state index contributed by atoms with van der Waals surface area (Å²) in [5.74, 6) is -0.0907. The second kappa shape index (κ2) is 7.97. The molecule has 2 heterocycles. The van der Waals surface area contributed by atoms with Gasteiger partial charge >= 0.3 is 0 Å². The van der Waals surface area contributed by atoms with Crippen molar-refractivity contribution in [3.8, 4) is 0 Å². The first kappa shape index (κ1) is 17.9. The van der Waals surface area contributed by atoms with Crippen molar-refractivity contribution in [1.29, 1.82) is 0 Å². The minimum absolute atomic E-state index is 0.0567. The van der Waals surface area contributed by atoms with Crippen molar-refractivity contribution >= 4 is 11.8 Å². The highest BCUT2D eigenvalue weighted by Crippen LogP contribution is 2.33. The third kappa shape index (κ3) is 4.02. The molecule has 0 saturated carbocycles. The minimum Gasteiger partial charge on any atom is -0.380 e. The largest absolute Gasteiger partial charge is 0.380 e. The van der Waals surface area contributed by atoms with Crippen LogP contribution < -0.4 is 5.73 Å². The lowest BCUT2D eigenvalue weighted by Gasteiger charge is -2.35. The fourth-order valence-corrected chi connectivity index (χ4v) is 3.90. The predicted octanol–water partition coefficient (Wildman–Crippen LogP) is 1.58. The summed E-state index contributed by atoms with van der Waals surface area (Å²) in [6.07, 6.45) is 2.33. The zero-order valence-corrected chi connectivity index (χ0v) is 14.6. The summed E-state index contributed by atoms with van der Waals surface area (Å²) < 4.78 is 10.9. The normalized spacial score (nSPS) is 24.4. The Morgan fingerprint density at radius 3 is 2.48 bits per heavy atom. The topological polar surface area (TPSA) is 81.9 Å². The Morgan fingerprint density at radius 1 is 1.20 bits per heavy atom. The van der Waals surface area contributed by atoms with Gasteiger partial charge in [-0.25, -0.2) is 0 Å². The first-order valence-electron chi connectivity index (χ1n) is 8.88. The third-order valence-electron chi connectivity index (χ3n) is 5.30. The molecule has 2 N–H and O–H groups in total. The van der Waals surface area contributed by atoms with Gasteiger partial charge in [0.1, 0.15) is 0 Å². The highest BCUT2D eigenvalue weighted by molar-refractivity contribution is 5.94. The number of rotatable bonds is 5. The number of ether oxygens (including phenoxy) is 2. The molecule has 6 heteroatoms. The summed E-state index contributed by atoms with van der Waals surface area (Å²) in [5.41, 5.74) is 7.24. The highest BCUT2D eigenvalue weighted by atomic mass is 16.5. The van der Waals surface area contributed by atoms with Crippen LogP contribution in [0.15, 0.2) is 24.3 Å². The smallest absolute Gasteiger partial charge is 0.253 e. The fourth-order valence-electron chi connectivity index (χ4n) is 3.90. The van der Waals surface area contributed by atoms with Gasteiger partial charge < -0.3 is 20.1 Å². The number of primary amides is 1. The first-order valence-corrected chi connectivity index (χ1v) is 8.88. The Labute approximate surface area is 148 Å². The monoisotopic (exact) mass is 346 g/mol. The zero-order valence-electron chi connectivity index (χ0n) is 14.6. The summed E-state index contributed by atoms with van der Waals surface area (Å²) >= 11 is 0. The average Bonchev–Trinajstić information content (AvgIpc) is 3.12. The average molecular weight is 346 g/mol. The Kier molecular flexibility index (Phi) is 5.71. The van der Waals surface area contributed by atoms with E-state index in [4.69, 9.17) is 15.2 Å². The quantitative estimate of drug-likeness (QED) is 0.877. The Hall–Kier alpha value is -1.92. The van der Waals surface area contributed by atoms with E-state index in [2.05, 4.69) is 0 Å². The van der Waals surface area contributed by atoms with Crippen LogP contribution >= 0.6 is 0 Å². The number of amides is 2. The minimum atomic E-state index is -0.267. The van der Waals surface area contributed by atoms with Crippen molar-refractivity contribution in [2.45, 2.75) is 32.0 Å². The Bertz CT molecular complexity index is 608. The van der Waals surface area contributed by atoms with E-state index in [1.54, 1.807) is 7.11 Å². The van der Waals surface area contributed by atoms with Crippen molar-refractivity contribution in [3.63, 3.8) is 0 Å². The fraction of sp³-hybridized carbons (Fsp3) is 0.579. The molecule has 0 unspecified atom stereocenters. The number of carbonyl (C=O) groups is 2. The number of likely N-dealkylation sites (tertiary alicyclic amines) is 1. The van der Waals surface area contributed by atoms with Gasteiger partial charge in [-0.1, -0.05) is 12.1 Å². The van der Waals surface area contributed by atoms with E-state index < -0.39 is 0 Å². The summed E-state index contributed by atoms with van der Waals surface area (Å²) in [5, 5.41) is 0. The standard InChI is InChI=1S/C19H26N2O4/c1-24-12-13-2-4-15(5-3-13)19(23)21-9-6-14(7-10-21)17-16(18(20)22)8-11-25-17/h2-5,14,16-17H,6-12H2,1H3,(H2,20,22)/t16-,17+/m0/s1. The van der Waals surface area contributed by atoms with Crippen LogP contribution in [-0.4, -0.2) is 49.6 Å². The highest BCUT2D eigenvalue weighted by Gasteiger charge is 2.39. The lowest BCUT2D eigenvalue weighted by molar-refractivity contribution is -0.124. The van der Waals surface area contributed by atoms with E-state index in [1.807, 2.05) is 29.2 Å². The van der Waals surface area contributed by atoms with Crippen LogP contribution in [0.25, 0.3) is 0 Å². The van der Waals surface area contributed by atoms with Crippen LogP contribution in [0.5, 0.6) is 0 Å². The van der Waals surface area contributed by atoms with E-state index in [0.717, 1.165) is 18.4 Å². The second-order valence-electron chi connectivity index (χ2n) is 6.89. The molecule has 2 aliphatic rings. The van der Waals surface area contributed by atoms with Gasteiger partial charge in [-0.3, -0.25) is 9.59 Å². The van der Waals surface area contributed by atoms with E-state index in [9.17, 15) is 9.59 Å². The number of nitrogens with two attached hydrogens (primary N) is 1. The second-order valence-corrected chi connectivity index (χ2v) is 6.89. The van der Waals surface area contributed by atoms with Crippen LogP contribution in [0.3, 0.4) is 0 Å². The third-order valence-corrected chi connectivity index (χ3v) is 5.30. The number of piperidine rings is 1. The Balaban J connectivity index is 1.56. The summed E-state index contributed by atoms with van der Waals surface area (Å²) in [7, 11) is 1.65. The molecule has 1 aromatic rings. The van der Waals surface area contributed by atoms with Crippen LogP contribution in [-0.2, 0) is 20.9 Å². The molecule has 2 saturated heterocycles. The number of benzene rings is 1.